The molecule has 3 aromatic rings. The highest BCUT2D eigenvalue weighted by Gasteiger charge is 2.54. The van der Waals surface area contributed by atoms with E-state index in [-0.39, 0.29) is 37.5 Å². The van der Waals surface area contributed by atoms with Crippen LogP contribution in [0.1, 0.15) is 35.7 Å². The number of carbonyl (C=O) groups is 1. The smallest absolute Gasteiger partial charge is 0.401 e. The second-order valence-corrected chi connectivity index (χ2v) is 10.7. The fourth-order valence-corrected chi connectivity index (χ4v) is 5.63. The van der Waals surface area contributed by atoms with Crippen molar-refractivity contribution in [2.75, 3.05) is 18.0 Å². The van der Waals surface area contributed by atoms with E-state index < -0.39 is 53.5 Å². The number of hydrogen-bond donors (Lipinski definition) is 3. The molecule has 2 atom stereocenters. The van der Waals surface area contributed by atoms with Gasteiger partial charge in [0, 0.05) is 30.3 Å². The average Bonchev–Trinajstić information content (AvgIpc) is 3.01. The summed E-state index contributed by atoms with van der Waals surface area (Å²) in [5.74, 6) is -4.81. The maximum Gasteiger partial charge on any atom is 0.433 e. The van der Waals surface area contributed by atoms with E-state index in [0.717, 1.165) is 12.3 Å². The van der Waals surface area contributed by atoms with Crippen molar-refractivity contribution < 1.29 is 36.2 Å². The van der Waals surface area contributed by atoms with Crippen LogP contribution in [0.2, 0.25) is 0 Å². The van der Waals surface area contributed by atoms with Gasteiger partial charge in [0.2, 0.25) is 0 Å². The van der Waals surface area contributed by atoms with Crippen molar-refractivity contribution in [3.05, 3.63) is 107 Å². The minimum atomic E-state index is -5.03. The van der Waals surface area contributed by atoms with Crippen LogP contribution in [0.5, 0.6) is 0 Å². The molecule has 1 aromatic heterocycles. The number of benzene rings is 2. The van der Waals surface area contributed by atoms with Crippen LogP contribution in [0.25, 0.3) is 0 Å². The molecule has 5 rings (SSSR count). The van der Waals surface area contributed by atoms with Gasteiger partial charge in [-0.05, 0) is 36.1 Å². The Morgan fingerprint density at radius 1 is 0.932 bits per heavy atom. The Morgan fingerprint density at radius 3 is 1.98 bits per heavy atom. The van der Waals surface area contributed by atoms with Gasteiger partial charge in [-0.25, -0.2) is 4.98 Å². The summed E-state index contributed by atoms with van der Waals surface area (Å²) in [6.45, 7) is 0.556. The van der Waals surface area contributed by atoms with Gasteiger partial charge < -0.3 is 21.1 Å². The number of amides is 1. The fraction of sp³-hybridized carbons (Fsp3) is 0.323. The third-order valence-electron chi connectivity index (χ3n) is 7.88. The Labute approximate surface area is 249 Å². The van der Waals surface area contributed by atoms with E-state index in [2.05, 4.69) is 15.3 Å². The van der Waals surface area contributed by atoms with E-state index in [0.29, 0.717) is 16.8 Å². The number of nitrogens with two attached hydrogens (primary N) is 1. The maximum absolute atomic E-state index is 14.5. The lowest BCUT2D eigenvalue weighted by Crippen LogP contribution is -2.56. The molecule has 0 radical (unpaired) electrons. The molecule has 0 unspecified atom stereocenters. The Balaban J connectivity index is 1.52. The minimum absolute atomic E-state index is 0.157. The van der Waals surface area contributed by atoms with Crippen molar-refractivity contribution in [2.24, 2.45) is 22.6 Å². The number of nitrogens with one attached hydrogen (secondary N) is 1. The zero-order valence-corrected chi connectivity index (χ0v) is 23.2. The first-order chi connectivity index (χ1) is 20.8. The Morgan fingerprint density at radius 2 is 1.50 bits per heavy atom. The van der Waals surface area contributed by atoms with Crippen LogP contribution < -0.4 is 16.0 Å². The summed E-state index contributed by atoms with van der Waals surface area (Å²) in [4.78, 5) is 22.6. The molecule has 232 valence electrons. The SMILES string of the molecule is NC(=C1C(=NC(c2ccccc2)c2ccccc2)NC(=O)[C@H](O)[C@@H]1C(F)(F)F)C1CCN(c2ccc(C(F)(F)F)nc2)CC1. The van der Waals surface area contributed by atoms with E-state index in [9.17, 15) is 36.2 Å². The second-order valence-electron chi connectivity index (χ2n) is 10.7. The molecule has 13 heteroatoms. The predicted molar refractivity (Wildman–Crippen MR) is 151 cm³/mol. The number of alkyl halides is 6. The number of rotatable bonds is 5. The molecular weight excluding hydrogens is 588 g/mol. The molecule has 0 aliphatic carbocycles. The minimum Gasteiger partial charge on any atom is -0.401 e. The van der Waals surface area contributed by atoms with Crippen molar-refractivity contribution in [3.8, 4) is 0 Å². The summed E-state index contributed by atoms with van der Waals surface area (Å²) in [5, 5.41) is 12.8. The molecule has 0 bridgehead atoms. The largest absolute Gasteiger partial charge is 0.433 e. The third kappa shape index (κ3) is 6.57. The van der Waals surface area contributed by atoms with E-state index >= 15 is 0 Å². The molecule has 7 nitrogen and oxygen atoms in total. The summed E-state index contributed by atoms with van der Waals surface area (Å²) in [6, 6.07) is 19.0. The summed E-state index contributed by atoms with van der Waals surface area (Å²) < 4.78 is 82.3. The topological polar surface area (TPSA) is 104 Å². The number of aliphatic hydroxyl groups is 1. The normalized spacial score (nSPS) is 22.3. The van der Waals surface area contributed by atoms with E-state index in [1.807, 2.05) is 0 Å². The highest BCUT2D eigenvalue weighted by molar-refractivity contribution is 6.13. The quantitative estimate of drug-likeness (QED) is 0.334. The van der Waals surface area contributed by atoms with Crippen molar-refractivity contribution in [1.82, 2.24) is 10.3 Å². The number of nitrogens with zero attached hydrogens (tertiary/aromatic N) is 3. The molecule has 2 fully saturated rings. The Kier molecular flexibility index (Phi) is 8.69. The zero-order chi connectivity index (χ0) is 31.6. The van der Waals surface area contributed by atoms with Crippen LogP contribution in [0, 0.1) is 11.8 Å². The lowest BCUT2D eigenvalue weighted by molar-refractivity contribution is -0.191. The van der Waals surface area contributed by atoms with Crippen LogP contribution in [-0.2, 0) is 11.0 Å². The number of hydrogen-bond acceptors (Lipinski definition) is 6. The van der Waals surface area contributed by atoms with E-state index in [1.54, 1.807) is 65.6 Å². The Bertz CT molecular complexity index is 1480. The van der Waals surface area contributed by atoms with Gasteiger partial charge in [0.05, 0.1) is 11.9 Å². The first-order valence-corrected chi connectivity index (χ1v) is 13.9. The summed E-state index contributed by atoms with van der Waals surface area (Å²) >= 11 is 0. The molecule has 0 spiro atoms. The van der Waals surface area contributed by atoms with E-state index in [1.165, 1.54) is 6.07 Å². The average molecular weight is 618 g/mol. The first-order valence-electron chi connectivity index (χ1n) is 13.9. The number of piperidine rings is 2. The van der Waals surface area contributed by atoms with Crippen molar-refractivity contribution in [1.29, 1.82) is 0 Å². The molecule has 0 saturated carbocycles. The molecule has 2 aromatic carbocycles. The summed E-state index contributed by atoms with van der Waals surface area (Å²) in [7, 11) is 0. The monoisotopic (exact) mass is 617 g/mol. The van der Waals surface area contributed by atoms with E-state index in [4.69, 9.17) is 5.73 Å². The standard InChI is InChI=1S/C31H29F6N5O2/c32-30(33,34)22-12-11-21(17-39-22)42-15-13-18(14-16-42)25(38)23-24(31(35,36)37)27(43)29(44)41-28(23)40-26(19-7-3-1-4-8-19)20-9-5-2-6-10-20/h1-12,17-18,24,26-27,43H,13-16,38H2,(H,40,41,44)/t24-,27-/m1/s1. The fourth-order valence-electron chi connectivity index (χ4n) is 5.63. The number of aliphatic hydroxyl groups excluding tert-OH is 1. The van der Waals surface area contributed by atoms with Crippen LogP contribution in [0.15, 0.2) is 95.3 Å². The van der Waals surface area contributed by atoms with Crippen molar-refractivity contribution >= 4 is 17.4 Å². The number of carbonyl (C=O) groups excluding carboxylic acids is 1. The molecule has 1 amide bonds. The predicted octanol–water partition coefficient (Wildman–Crippen LogP) is 5.39. The highest BCUT2D eigenvalue weighted by atomic mass is 19.4. The van der Waals surface area contributed by atoms with Crippen LogP contribution in [-0.4, -0.2) is 47.2 Å². The van der Waals surface area contributed by atoms with Gasteiger partial charge in [-0.2, -0.15) is 26.3 Å². The molecule has 2 aliphatic heterocycles. The summed E-state index contributed by atoms with van der Waals surface area (Å²) in [5.41, 5.74) is 6.57. The van der Waals surface area contributed by atoms with Crippen LogP contribution in [0.4, 0.5) is 32.0 Å². The van der Waals surface area contributed by atoms with Gasteiger partial charge in [0.1, 0.15) is 29.6 Å². The molecular formula is C31H29F6N5O2. The molecule has 3 heterocycles. The molecule has 4 N–H and O–H groups in total. The van der Waals surface area contributed by atoms with Gasteiger partial charge in [-0.3, -0.25) is 9.79 Å². The lowest BCUT2D eigenvalue weighted by atomic mass is 9.81. The van der Waals surface area contributed by atoms with Crippen molar-refractivity contribution in [2.45, 2.75) is 37.3 Å². The van der Waals surface area contributed by atoms with Crippen molar-refractivity contribution in [3.63, 3.8) is 0 Å². The van der Waals surface area contributed by atoms with Crippen LogP contribution >= 0.6 is 0 Å². The zero-order valence-electron chi connectivity index (χ0n) is 23.2. The van der Waals surface area contributed by atoms with Gasteiger partial charge in [0.25, 0.3) is 5.91 Å². The number of aliphatic imine (C=N–C) groups is 1. The Hall–Kier alpha value is -4.39. The highest BCUT2D eigenvalue weighted by Crippen LogP contribution is 2.41. The van der Waals surface area contributed by atoms with Gasteiger partial charge in [-0.1, -0.05) is 60.7 Å². The lowest BCUT2D eigenvalue weighted by Gasteiger charge is -2.38. The van der Waals surface area contributed by atoms with Gasteiger partial charge in [0.15, 0.2) is 0 Å². The number of pyridine rings is 1. The summed E-state index contributed by atoms with van der Waals surface area (Å²) in [6.07, 6.45) is -10.4. The third-order valence-corrected chi connectivity index (χ3v) is 7.88. The molecule has 2 saturated heterocycles. The number of amidine groups is 1. The second kappa shape index (κ2) is 12.3. The van der Waals surface area contributed by atoms with Crippen LogP contribution in [0.3, 0.4) is 0 Å². The maximum atomic E-state index is 14.5. The molecule has 2 aliphatic rings. The number of halogens is 6. The number of anilines is 1. The number of aromatic nitrogens is 1. The van der Waals surface area contributed by atoms with Gasteiger partial charge >= 0.3 is 12.4 Å². The molecule has 44 heavy (non-hydrogen) atoms. The number of allylic oxidation sites excluding steroid dienone is 1. The van der Waals surface area contributed by atoms with Gasteiger partial charge in [-0.15, -0.1) is 0 Å². The first kappa shape index (κ1) is 31.0.